The molecule has 1 aromatic carbocycles. The van der Waals surface area contributed by atoms with E-state index in [0.717, 1.165) is 0 Å². The monoisotopic (exact) mass is 462 g/mol. The highest BCUT2D eigenvalue weighted by molar-refractivity contribution is 7.98. The van der Waals surface area contributed by atoms with Gasteiger partial charge in [0.2, 0.25) is 0 Å². The van der Waals surface area contributed by atoms with Crippen LogP contribution in [0.1, 0.15) is 45.7 Å². The molecule has 0 spiro atoms. The summed E-state index contributed by atoms with van der Waals surface area (Å²) in [5, 5.41) is 3.10. The summed E-state index contributed by atoms with van der Waals surface area (Å²) in [4.78, 5) is 51.0. The summed E-state index contributed by atoms with van der Waals surface area (Å²) < 4.78 is 6.17. The van der Waals surface area contributed by atoms with Gasteiger partial charge in [0.15, 0.2) is 5.78 Å². The molecule has 1 atom stereocenters. The second kappa shape index (κ2) is 10.2. The first-order valence-electron chi connectivity index (χ1n) is 9.83. The molecule has 7 nitrogen and oxygen atoms in total. The molecule has 0 bridgehead atoms. The molecule has 2 aromatic rings. The smallest absolute Gasteiger partial charge is 0.328 e. The molecule has 0 fully saturated rings. The third-order valence-corrected chi connectivity index (χ3v) is 6.05. The quantitative estimate of drug-likeness (QED) is 0.635. The number of amides is 1. The van der Waals surface area contributed by atoms with Crippen molar-refractivity contribution >= 4 is 41.0 Å². The molecule has 0 unspecified atom stereocenters. The number of Topliss-reactive ketones (excluding diaryl/α,β-unsaturated/α-hetero) is 1. The zero-order chi connectivity index (χ0) is 22.5. The number of nitrogens with zero attached hydrogens (tertiary/aromatic N) is 1. The van der Waals surface area contributed by atoms with Gasteiger partial charge in [-0.15, -0.1) is 0 Å². The highest BCUT2D eigenvalue weighted by Crippen LogP contribution is 2.24. The van der Waals surface area contributed by atoms with Crippen LogP contribution in [0.15, 0.2) is 35.1 Å². The first kappa shape index (κ1) is 23.1. The number of hydrogen-bond donors (Lipinski definition) is 1. The maximum absolute atomic E-state index is 13.3. The Hall–Kier alpha value is -2.58. The first-order valence-corrected chi connectivity index (χ1v) is 11.6. The Bertz CT molecular complexity index is 1060. The number of carbonyl (C=O) groups is 3. The van der Waals surface area contributed by atoms with Gasteiger partial charge in [0.25, 0.3) is 11.5 Å². The molecular weight excluding hydrogens is 440 g/mol. The number of carbonyl (C=O) groups excluding carboxylic acids is 3. The van der Waals surface area contributed by atoms with Crippen molar-refractivity contribution in [3.05, 3.63) is 62.5 Å². The molecule has 1 aliphatic carbocycles. The number of aromatic nitrogens is 1. The summed E-state index contributed by atoms with van der Waals surface area (Å²) in [6, 6.07) is 7.08. The number of pyridine rings is 1. The molecule has 0 saturated carbocycles. The lowest BCUT2D eigenvalue weighted by Gasteiger charge is -2.22. The van der Waals surface area contributed by atoms with Gasteiger partial charge in [0, 0.05) is 28.4 Å². The predicted octanol–water partition coefficient (Wildman–Crippen LogP) is 3.03. The predicted molar refractivity (Wildman–Crippen MR) is 121 cm³/mol. The Morgan fingerprint density at radius 3 is 2.58 bits per heavy atom. The van der Waals surface area contributed by atoms with E-state index < -0.39 is 23.5 Å². The van der Waals surface area contributed by atoms with Crippen LogP contribution in [0.25, 0.3) is 5.69 Å². The minimum Gasteiger partial charge on any atom is -0.467 e. The maximum atomic E-state index is 13.3. The fourth-order valence-electron chi connectivity index (χ4n) is 3.58. The molecule has 164 valence electrons. The van der Waals surface area contributed by atoms with Crippen LogP contribution in [0, 0.1) is 0 Å². The van der Waals surface area contributed by atoms with Crippen molar-refractivity contribution in [2.75, 3.05) is 19.1 Å². The molecule has 31 heavy (non-hydrogen) atoms. The van der Waals surface area contributed by atoms with Crippen LogP contribution in [0.3, 0.4) is 0 Å². The van der Waals surface area contributed by atoms with Crippen molar-refractivity contribution in [3.8, 4) is 5.69 Å². The molecule has 1 N–H and O–H groups in total. The zero-order valence-corrected chi connectivity index (χ0v) is 18.8. The average Bonchev–Trinajstić information content (AvgIpc) is 2.76. The van der Waals surface area contributed by atoms with Gasteiger partial charge in [0.05, 0.1) is 7.11 Å². The molecule has 0 aliphatic heterocycles. The summed E-state index contributed by atoms with van der Waals surface area (Å²) in [5.74, 6) is -0.803. The zero-order valence-electron chi connectivity index (χ0n) is 17.3. The Labute approximate surface area is 189 Å². The molecule has 0 radical (unpaired) electrons. The highest BCUT2D eigenvalue weighted by atomic mass is 35.5. The third-order valence-electron chi connectivity index (χ3n) is 5.15. The molecule has 1 aliphatic rings. The number of halogens is 1. The number of thioether (sulfide) groups is 1. The SMILES string of the molecule is COC(=O)[C@H](CCSC)NC(=O)c1cc2c(n(-c3ccc(Cl)cc3)c1=O)CCCC2=O. The summed E-state index contributed by atoms with van der Waals surface area (Å²) in [6.07, 6.45) is 3.76. The number of rotatable bonds is 7. The van der Waals surface area contributed by atoms with Crippen LogP contribution in [-0.4, -0.2) is 47.4 Å². The fraction of sp³-hybridized carbons (Fsp3) is 0.364. The largest absolute Gasteiger partial charge is 0.467 e. The van der Waals surface area contributed by atoms with Gasteiger partial charge in [-0.1, -0.05) is 11.6 Å². The Kier molecular flexibility index (Phi) is 7.56. The second-order valence-corrected chi connectivity index (χ2v) is 8.56. The van der Waals surface area contributed by atoms with Gasteiger partial charge >= 0.3 is 5.97 Å². The van der Waals surface area contributed by atoms with Crippen molar-refractivity contribution in [2.24, 2.45) is 0 Å². The second-order valence-electron chi connectivity index (χ2n) is 7.14. The van der Waals surface area contributed by atoms with Gasteiger partial charge in [-0.2, -0.15) is 11.8 Å². The van der Waals surface area contributed by atoms with Gasteiger partial charge in [-0.3, -0.25) is 19.0 Å². The lowest BCUT2D eigenvalue weighted by atomic mass is 9.92. The number of benzene rings is 1. The van der Waals surface area contributed by atoms with E-state index in [0.29, 0.717) is 53.4 Å². The van der Waals surface area contributed by atoms with E-state index >= 15 is 0 Å². The molecular formula is C22H23ClN2O5S. The standard InChI is InChI=1S/C22H23ClN2O5S/c1-30-22(29)17(10-11-31-2)24-20(27)16-12-15-18(4-3-5-19(15)26)25(21(16)28)14-8-6-13(23)7-9-14/h6-9,12,17H,3-5,10-11H2,1-2H3,(H,24,27)/t17-/m0/s1. The van der Waals surface area contributed by atoms with Gasteiger partial charge in [0.1, 0.15) is 11.6 Å². The molecule has 1 amide bonds. The molecule has 9 heteroatoms. The number of hydrogen-bond acceptors (Lipinski definition) is 6. The summed E-state index contributed by atoms with van der Waals surface area (Å²) in [7, 11) is 1.24. The van der Waals surface area contributed by atoms with Crippen LogP contribution >= 0.6 is 23.4 Å². The number of fused-ring (bicyclic) bond motifs is 1. The minimum absolute atomic E-state index is 0.120. The van der Waals surface area contributed by atoms with Crippen LogP contribution in [0.2, 0.25) is 5.02 Å². The van der Waals surface area contributed by atoms with Crippen LogP contribution in [0.4, 0.5) is 0 Å². The van der Waals surface area contributed by atoms with E-state index in [9.17, 15) is 19.2 Å². The van der Waals surface area contributed by atoms with Crippen molar-refractivity contribution in [1.82, 2.24) is 9.88 Å². The van der Waals surface area contributed by atoms with Crippen LogP contribution in [0.5, 0.6) is 0 Å². The van der Waals surface area contributed by atoms with Crippen molar-refractivity contribution < 1.29 is 19.1 Å². The lowest BCUT2D eigenvalue weighted by molar-refractivity contribution is -0.142. The van der Waals surface area contributed by atoms with E-state index in [2.05, 4.69) is 5.32 Å². The number of ketones is 1. The van der Waals surface area contributed by atoms with Crippen molar-refractivity contribution in [1.29, 1.82) is 0 Å². The summed E-state index contributed by atoms with van der Waals surface area (Å²) in [6.45, 7) is 0. The molecule has 1 aromatic heterocycles. The van der Waals surface area contributed by atoms with Crippen LogP contribution in [-0.2, 0) is 16.0 Å². The first-order chi connectivity index (χ1) is 14.9. The van der Waals surface area contributed by atoms with Crippen molar-refractivity contribution in [2.45, 2.75) is 31.7 Å². The summed E-state index contributed by atoms with van der Waals surface area (Å²) in [5.41, 5.74) is 0.697. The molecule has 3 rings (SSSR count). The molecule has 0 saturated heterocycles. The average molecular weight is 463 g/mol. The van der Waals surface area contributed by atoms with Gasteiger partial charge < -0.3 is 10.1 Å². The third kappa shape index (κ3) is 5.02. The highest BCUT2D eigenvalue weighted by Gasteiger charge is 2.28. The Morgan fingerprint density at radius 1 is 1.23 bits per heavy atom. The Balaban J connectivity index is 2.09. The summed E-state index contributed by atoms with van der Waals surface area (Å²) >= 11 is 7.50. The minimum atomic E-state index is -0.889. The maximum Gasteiger partial charge on any atom is 0.328 e. The van der Waals surface area contributed by atoms with Crippen LogP contribution < -0.4 is 10.9 Å². The van der Waals surface area contributed by atoms with E-state index in [1.54, 1.807) is 24.3 Å². The van der Waals surface area contributed by atoms with E-state index in [4.69, 9.17) is 16.3 Å². The lowest BCUT2D eigenvalue weighted by Crippen LogP contribution is -2.44. The van der Waals surface area contributed by atoms with E-state index in [1.807, 2.05) is 6.26 Å². The molecule has 1 heterocycles. The van der Waals surface area contributed by atoms with Gasteiger partial charge in [-0.25, -0.2) is 4.79 Å². The van der Waals surface area contributed by atoms with E-state index in [-0.39, 0.29) is 11.3 Å². The van der Waals surface area contributed by atoms with E-state index in [1.165, 1.54) is 29.5 Å². The number of nitrogens with one attached hydrogen (secondary N) is 1. The normalized spacial score (nSPS) is 14.0. The van der Waals surface area contributed by atoms with Crippen molar-refractivity contribution in [3.63, 3.8) is 0 Å². The number of ether oxygens (including phenoxy) is 1. The topological polar surface area (TPSA) is 94.5 Å². The fourth-order valence-corrected chi connectivity index (χ4v) is 4.18. The number of esters is 1. The van der Waals surface area contributed by atoms with Gasteiger partial charge in [-0.05, 0) is 61.6 Å². The number of methoxy groups -OCH3 is 1. The Morgan fingerprint density at radius 2 is 1.94 bits per heavy atom.